The summed E-state index contributed by atoms with van der Waals surface area (Å²) in [5.74, 6) is 0.354. The predicted octanol–water partition coefficient (Wildman–Crippen LogP) is 0.683. The van der Waals surface area contributed by atoms with E-state index in [1.165, 1.54) is 12.8 Å². The summed E-state index contributed by atoms with van der Waals surface area (Å²) in [7, 11) is 0. The van der Waals surface area contributed by atoms with E-state index in [9.17, 15) is 4.79 Å². The molecule has 2 aliphatic heterocycles. The Morgan fingerprint density at radius 1 is 1.29 bits per heavy atom. The molecule has 0 aliphatic carbocycles. The molecular weight excluding hydrogens is 214 g/mol. The number of nitrogens with one attached hydrogen (secondary N) is 1. The number of piperidine rings is 1. The molecule has 17 heavy (non-hydrogen) atoms. The highest BCUT2D eigenvalue weighted by atomic mass is 16.2. The molecule has 4 nitrogen and oxygen atoms in total. The lowest BCUT2D eigenvalue weighted by atomic mass is 10.0. The van der Waals surface area contributed by atoms with Gasteiger partial charge in [-0.3, -0.25) is 9.69 Å². The number of amides is 1. The molecule has 0 aromatic rings. The number of hydrogen-bond acceptors (Lipinski definition) is 3. The van der Waals surface area contributed by atoms with E-state index in [0.717, 1.165) is 45.7 Å². The Morgan fingerprint density at radius 2 is 2.06 bits per heavy atom. The fraction of sp³-hybridized carbons (Fsp3) is 0.923. The molecule has 0 bridgehead atoms. The number of likely N-dealkylation sites (tertiary alicyclic amines) is 1. The second kappa shape index (κ2) is 6.36. The molecule has 98 valence electrons. The molecule has 0 aromatic heterocycles. The maximum Gasteiger partial charge on any atom is 0.222 e. The quantitative estimate of drug-likeness (QED) is 0.787. The Morgan fingerprint density at radius 3 is 2.76 bits per heavy atom. The molecule has 1 N–H and O–H groups in total. The number of rotatable bonds is 3. The summed E-state index contributed by atoms with van der Waals surface area (Å²) in [6.07, 6.45) is 4.11. The third kappa shape index (κ3) is 3.42. The molecule has 0 saturated carbocycles. The first kappa shape index (κ1) is 12.8. The van der Waals surface area contributed by atoms with Crippen LogP contribution in [0.15, 0.2) is 0 Å². The second-order valence-corrected chi connectivity index (χ2v) is 5.17. The number of carbonyl (C=O) groups is 1. The lowest BCUT2D eigenvalue weighted by Gasteiger charge is -2.41. The zero-order valence-corrected chi connectivity index (χ0v) is 11.0. The van der Waals surface area contributed by atoms with Crippen LogP contribution in [0.5, 0.6) is 0 Å². The summed E-state index contributed by atoms with van der Waals surface area (Å²) in [6, 6.07) is 0.603. The normalized spacial score (nSPS) is 27.1. The van der Waals surface area contributed by atoms with Crippen molar-refractivity contribution in [1.82, 2.24) is 15.1 Å². The molecule has 0 radical (unpaired) electrons. The standard InChI is InChI=1S/C13H25N3O/c1-2-4-13(17)16-8-3-5-12(11-16)15-9-6-14-7-10-15/h12,14H,2-11H2,1H3. The molecule has 4 heteroatoms. The lowest BCUT2D eigenvalue weighted by molar-refractivity contribution is -0.133. The van der Waals surface area contributed by atoms with Gasteiger partial charge in [0.2, 0.25) is 5.91 Å². The van der Waals surface area contributed by atoms with Gasteiger partial charge in [-0.05, 0) is 19.3 Å². The van der Waals surface area contributed by atoms with Crippen LogP contribution in [0, 0.1) is 0 Å². The second-order valence-electron chi connectivity index (χ2n) is 5.17. The summed E-state index contributed by atoms with van der Waals surface area (Å²) in [5, 5.41) is 3.39. The predicted molar refractivity (Wildman–Crippen MR) is 69.0 cm³/mol. The van der Waals surface area contributed by atoms with E-state index in [4.69, 9.17) is 0 Å². The van der Waals surface area contributed by atoms with Gasteiger partial charge in [0.05, 0.1) is 0 Å². The van der Waals surface area contributed by atoms with Crippen molar-refractivity contribution in [2.75, 3.05) is 39.3 Å². The summed E-state index contributed by atoms with van der Waals surface area (Å²) in [4.78, 5) is 16.6. The van der Waals surface area contributed by atoms with Gasteiger partial charge in [-0.1, -0.05) is 6.92 Å². The summed E-state index contributed by atoms with van der Waals surface area (Å²) in [5.41, 5.74) is 0. The van der Waals surface area contributed by atoms with Crippen LogP contribution in [-0.4, -0.2) is 61.0 Å². The Balaban J connectivity index is 1.85. The topological polar surface area (TPSA) is 35.6 Å². The van der Waals surface area contributed by atoms with Crippen LogP contribution >= 0.6 is 0 Å². The van der Waals surface area contributed by atoms with Gasteiger partial charge in [-0.2, -0.15) is 0 Å². The highest BCUT2D eigenvalue weighted by Crippen LogP contribution is 2.17. The largest absolute Gasteiger partial charge is 0.341 e. The van der Waals surface area contributed by atoms with Gasteiger partial charge in [0, 0.05) is 51.7 Å². The molecular formula is C13H25N3O. The first-order chi connectivity index (χ1) is 8.31. The third-order valence-corrected chi connectivity index (χ3v) is 3.88. The van der Waals surface area contributed by atoms with Crippen molar-refractivity contribution in [2.24, 2.45) is 0 Å². The summed E-state index contributed by atoms with van der Waals surface area (Å²) in [6.45, 7) is 8.48. The molecule has 0 aromatic carbocycles. The van der Waals surface area contributed by atoms with Crippen molar-refractivity contribution < 1.29 is 4.79 Å². The Bertz CT molecular complexity index is 251. The fourth-order valence-electron chi connectivity index (χ4n) is 2.90. The van der Waals surface area contributed by atoms with Gasteiger partial charge in [0.15, 0.2) is 0 Å². The Labute approximate surface area is 104 Å². The Hall–Kier alpha value is -0.610. The molecule has 2 saturated heterocycles. The molecule has 2 heterocycles. The van der Waals surface area contributed by atoms with Crippen molar-refractivity contribution in [3.05, 3.63) is 0 Å². The van der Waals surface area contributed by atoms with Crippen LogP contribution in [-0.2, 0) is 4.79 Å². The van der Waals surface area contributed by atoms with Crippen LogP contribution < -0.4 is 5.32 Å². The number of carbonyl (C=O) groups excluding carboxylic acids is 1. The molecule has 1 atom stereocenters. The minimum Gasteiger partial charge on any atom is -0.341 e. The van der Waals surface area contributed by atoms with Crippen LogP contribution in [0.2, 0.25) is 0 Å². The molecule has 2 fully saturated rings. The fourth-order valence-corrected chi connectivity index (χ4v) is 2.90. The van der Waals surface area contributed by atoms with Crippen LogP contribution in [0.1, 0.15) is 32.6 Å². The van der Waals surface area contributed by atoms with E-state index < -0.39 is 0 Å². The SMILES string of the molecule is CCCC(=O)N1CCCC(N2CCNCC2)C1. The van der Waals surface area contributed by atoms with Crippen LogP contribution in [0.25, 0.3) is 0 Å². The molecule has 1 unspecified atom stereocenters. The van der Waals surface area contributed by atoms with Gasteiger partial charge >= 0.3 is 0 Å². The first-order valence-corrected chi connectivity index (χ1v) is 7.04. The van der Waals surface area contributed by atoms with E-state index >= 15 is 0 Å². The van der Waals surface area contributed by atoms with Gasteiger partial charge in [-0.15, -0.1) is 0 Å². The van der Waals surface area contributed by atoms with Crippen molar-refractivity contribution in [2.45, 2.75) is 38.6 Å². The molecule has 0 spiro atoms. The molecule has 2 rings (SSSR count). The van der Waals surface area contributed by atoms with Crippen LogP contribution in [0.3, 0.4) is 0 Å². The summed E-state index contributed by atoms with van der Waals surface area (Å²) >= 11 is 0. The number of piperazine rings is 1. The van der Waals surface area contributed by atoms with E-state index in [-0.39, 0.29) is 0 Å². The van der Waals surface area contributed by atoms with Gasteiger partial charge < -0.3 is 10.2 Å². The Kier molecular flexibility index (Phi) is 4.80. The van der Waals surface area contributed by atoms with E-state index in [2.05, 4.69) is 22.0 Å². The van der Waals surface area contributed by atoms with Gasteiger partial charge in [0.1, 0.15) is 0 Å². The van der Waals surface area contributed by atoms with Gasteiger partial charge in [0.25, 0.3) is 0 Å². The van der Waals surface area contributed by atoms with Crippen LogP contribution in [0.4, 0.5) is 0 Å². The lowest BCUT2D eigenvalue weighted by Crippen LogP contribution is -2.54. The smallest absolute Gasteiger partial charge is 0.222 e. The first-order valence-electron chi connectivity index (χ1n) is 7.04. The minimum absolute atomic E-state index is 0.354. The van der Waals surface area contributed by atoms with Crippen molar-refractivity contribution in [1.29, 1.82) is 0 Å². The van der Waals surface area contributed by atoms with E-state index in [1.807, 2.05) is 0 Å². The van der Waals surface area contributed by atoms with E-state index in [1.54, 1.807) is 0 Å². The van der Waals surface area contributed by atoms with Crippen molar-refractivity contribution in [3.8, 4) is 0 Å². The zero-order valence-electron chi connectivity index (χ0n) is 11.0. The molecule has 2 aliphatic rings. The highest BCUT2D eigenvalue weighted by molar-refractivity contribution is 5.76. The van der Waals surface area contributed by atoms with Gasteiger partial charge in [-0.25, -0.2) is 0 Å². The van der Waals surface area contributed by atoms with Crippen molar-refractivity contribution >= 4 is 5.91 Å². The van der Waals surface area contributed by atoms with Crippen molar-refractivity contribution in [3.63, 3.8) is 0 Å². The maximum absolute atomic E-state index is 11.9. The monoisotopic (exact) mass is 239 g/mol. The van der Waals surface area contributed by atoms with E-state index in [0.29, 0.717) is 18.4 Å². The third-order valence-electron chi connectivity index (χ3n) is 3.88. The maximum atomic E-state index is 11.9. The number of nitrogens with zero attached hydrogens (tertiary/aromatic N) is 2. The zero-order chi connectivity index (χ0) is 12.1. The average Bonchev–Trinajstić information content (AvgIpc) is 2.40. The minimum atomic E-state index is 0.354. The number of hydrogen-bond donors (Lipinski definition) is 1. The highest BCUT2D eigenvalue weighted by Gasteiger charge is 2.27. The molecule has 1 amide bonds. The summed E-state index contributed by atoms with van der Waals surface area (Å²) < 4.78 is 0. The average molecular weight is 239 g/mol.